The molecule has 3 heteroatoms. The van der Waals surface area contributed by atoms with Crippen LogP contribution in [-0.2, 0) is 12.8 Å². The standard InChI is InChI=1S/C31H35NO2/c1-4-5-6-7-8-24-11-14-26(15-12-24)27-16-18-28(19-17-27)31(33)34-30-20-13-25(10-9-23(2)3)21-29(30)22-32/h11-21,23H,4-10H2,1-3H3. The average molecular weight is 454 g/mol. The predicted octanol–water partition coefficient (Wildman–Crippen LogP) is 8.16. The first-order valence-corrected chi connectivity index (χ1v) is 12.4. The van der Waals surface area contributed by atoms with E-state index in [1.54, 1.807) is 18.2 Å². The number of unbranched alkanes of at least 4 members (excludes halogenated alkanes) is 3. The second-order valence-corrected chi connectivity index (χ2v) is 9.35. The quantitative estimate of drug-likeness (QED) is 0.167. The van der Waals surface area contributed by atoms with E-state index < -0.39 is 5.97 Å². The number of rotatable bonds is 11. The summed E-state index contributed by atoms with van der Waals surface area (Å²) in [4.78, 5) is 12.7. The van der Waals surface area contributed by atoms with Crippen molar-refractivity contribution in [2.45, 2.75) is 65.7 Å². The summed E-state index contributed by atoms with van der Waals surface area (Å²) in [6, 6.07) is 23.7. The Bertz CT molecular complexity index is 1110. The predicted molar refractivity (Wildman–Crippen MR) is 139 cm³/mol. The van der Waals surface area contributed by atoms with Crippen LogP contribution in [0.3, 0.4) is 0 Å². The molecular formula is C31H35NO2. The van der Waals surface area contributed by atoms with Crippen LogP contribution in [0, 0.1) is 17.2 Å². The fourth-order valence-electron chi connectivity index (χ4n) is 3.94. The first-order valence-electron chi connectivity index (χ1n) is 12.4. The molecule has 176 valence electrons. The maximum absolute atomic E-state index is 12.7. The van der Waals surface area contributed by atoms with Gasteiger partial charge in [-0.1, -0.05) is 82.5 Å². The molecule has 0 aromatic heterocycles. The third-order valence-corrected chi connectivity index (χ3v) is 6.10. The van der Waals surface area contributed by atoms with Crippen molar-refractivity contribution in [3.8, 4) is 22.9 Å². The van der Waals surface area contributed by atoms with Crippen molar-refractivity contribution < 1.29 is 9.53 Å². The highest BCUT2D eigenvalue weighted by Gasteiger charge is 2.13. The Morgan fingerprint density at radius 2 is 1.50 bits per heavy atom. The third kappa shape index (κ3) is 7.32. The molecule has 0 N–H and O–H groups in total. The zero-order chi connectivity index (χ0) is 24.3. The summed E-state index contributed by atoms with van der Waals surface area (Å²) in [6.07, 6.45) is 8.15. The Labute approximate surface area is 204 Å². The summed E-state index contributed by atoms with van der Waals surface area (Å²) < 4.78 is 5.56. The molecular weight excluding hydrogens is 418 g/mol. The number of aryl methyl sites for hydroxylation is 2. The van der Waals surface area contributed by atoms with Crippen molar-refractivity contribution >= 4 is 5.97 Å². The number of esters is 1. The highest BCUT2D eigenvalue weighted by molar-refractivity contribution is 5.92. The molecule has 0 unspecified atom stereocenters. The lowest BCUT2D eigenvalue weighted by molar-refractivity contribution is 0.0734. The van der Waals surface area contributed by atoms with E-state index in [-0.39, 0.29) is 0 Å². The second kappa shape index (κ2) is 12.8. The molecule has 0 fully saturated rings. The normalized spacial score (nSPS) is 10.8. The van der Waals surface area contributed by atoms with Gasteiger partial charge in [-0.3, -0.25) is 0 Å². The van der Waals surface area contributed by atoms with Gasteiger partial charge in [0.1, 0.15) is 11.8 Å². The topological polar surface area (TPSA) is 50.1 Å². The SMILES string of the molecule is CCCCCCc1ccc(-c2ccc(C(=O)Oc3ccc(CCC(C)C)cc3C#N)cc2)cc1. The second-order valence-electron chi connectivity index (χ2n) is 9.35. The van der Waals surface area contributed by atoms with Gasteiger partial charge in [0.05, 0.1) is 11.1 Å². The molecule has 3 aromatic carbocycles. The molecule has 0 spiro atoms. The smallest absolute Gasteiger partial charge is 0.343 e. The largest absolute Gasteiger partial charge is 0.422 e. The van der Waals surface area contributed by atoms with E-state index in [4.69, 9.17) is 4.74 Å². The monoisotopic (exact) mass is 453 g/mol. The molecule has 0 heterocycles. The van der Waals surface area contributed by atoms with Crippen molar-refractivity contribution in [1.29, 1.82) is 5.26 Å². The van der Waals surface area contributed by atoms with E-state index >= 15 is 0 Å². The summed E-state index contributed by atoms with van der Waals surface area (Å²) in [5.41, 5.74) is 5.48. The van der Waals surface area contributed by atoms with Gasteiger partial charge in [0.25, 0.3) is 0 Å². The summed E-state index contributed by atoms with van der Waals surface area (Å²) >= 11 is 0. The number of hydrogen-bond donors (Lipinski definition) is 0. The molecule has 0 aliphatic carbocycles. The molecule has 0 aliphatic heterocycles. The van der Waals surface area contributed by atoms with Gasteiger partial charge >= 0.3 is 5.97 Å². The first kappa shape index (κ1) is 25.2. The number of hydrogen-bond acceptors (Lipinski definition) is 3. The first-order chi connectivity index (χ1) is 16.5. The minimum Gasteiger partial charge on any atom is -0.422 e. The zero-order valence-corrected chi connectivity index (χ0v) is 20.6. The van der Waals surface area contributed by atoms with Crippen LogP contribution in [-0.4, -0.2) is 5.97 Å². The average Bonchev–Trinajstić information content (AvgIpc) is 2.86. The van der Waals surface area contributed by atoms with Gasteiger partial charge in [-0.25, -0.2) is 4.79 Å². The van der Waals surface area contributed by atoms with Crippen LogP contribution < -0.4 is 4.74 Å². The fraction of sp³-hybridized carbons (Fsp3) is 0.355. The Morgan fingerprint density at radius 1 is 0.853 bits per heavy atom. The molecule has 0 atom stereocenters. The Hall–Kier alpha value is -3.38. The van der Waals surface area contributed by atoms with Gasteiger partial charge in [-0.15, -0.1) is 0 Å². The van der Waals surface area contributed by atoms with Crippen LogP contribution in [0.15, 0.2) is 66.7 Å². The van der Waals surface area contributed by atoms with Gasteiger partial charge in [0, 0.05) is 0 Å². The van der Waals surface area contributed by atoms with E-state index in [0.717, 1.165) is 36.0 Å². The number of benzene rings is 3. The highest BCUT2D eigenvalue weighted by atomic mass is 16.5. The molecule has 0 aliphatic rings. The molecule has 0 bridgehead atoms. The maximum Gasteiger partial charge on any atom is 0.343 e. The molecule has 0 radical (unpaired) electrons. The lowest BCUT2D eigenvalue weighted by Crippen LogP contribution is -2.09. The lowest BCUT2D eigenvalue weighted by Gasteiger charge is -2.10. The number of carbonyl (C=O) groups excluding carboxylic acids is 1. The van der Waals surface area contributed by atoms with E-state index in [1.165, 1.54) is 31.2 Å². The Kier molecular flexibility index (Phi) is 9.47. The van der Waals surface area contributed by atoms with E-state index in [2.05, 4.69) is 51.1 Å². The van der Waals surface area contributed by atoms with E-state index in [0.29, 0.717) is 22.8 Å². The highest BCUT2D eigenvalue weighted by Crippen LogP contribution is 2.24. The lowest BCUT2D eigenvalue weighted by atomic mass is 10.00. The van der Waals surface area contributed by atoms with Crippen molar-refractivity contribution in [2.24, 2.45) is 5.92 Å². The van der Waals surface area contributed by atoms with Crippen LogP contribution in [0.25, 0.3) is 11.1 Å². The number of nitriles is 1. The summed E-state index contributed by atoms with van der Waals surface area (Å²) in [5.74, 6) is 0.444. The minimum atomic E-state index is -0.458. The molecule has 0 saturated heterocycles. The number of carbonyl (C=O) groups is 1. The number of ether oxygens (including phenoxy) is 1. The van der Waals surface area contributed by atoms with Crippen molar-refractivity contribution in [3.05, 3.63) is 89.0 Å². The zero-order valence-electron chi connectivity index (χ0n) is 20.6. The summed E-state index contributed by atoms with van der Waals surface area (Å²) in [6.45, 7) is 6.59. The van der Waals surface area contributed by atoms with Gasteiger partial charge in [0.2, 0.25) is 0 Å². The van der Waals surface area contributed by atoms with Crippen LogP contribution >= 0.6 is 0 Å². The van der Waals surface area contributed by atoms with Crippen molar-refractivity contribution in [1.82, 2.24) is 0 Å². The fourth-order valence-corrected chi connectivity index (χ4v) is 3.94. The maximum atomic E-state index is 12.7. The van der Waals surface area contributed by atoms with Crippen LogP contribution in [0.1, 0.15) is 79.9 Å². The van der Waals surface area contributed by atoms with Crippen LogP contribution in [0.5, 0.6) is 5.75 Å². The van der Waals surface area contributed by atoms with Crippen LogP contribution in [0.4, 0.5) is 0 Å². The molecule has 34 heavy (non-hydrogen) atoms. The Morgan fingerprint density at radius 3 is 2.12 bits per heavy atom. The molecule has 0 amide bonds. The summed E-state index contributed by atoms with van der Waals surface area (Å²) in [5, 5.41) is 9.52. The minimum absolute atomic E-state index is 0.305. The van der Waals surface area contributed by atoms with Gasteiger partial charge in [0.15, 0.2) is 0 Å². The number of nitrogens with zero attached hydrogens (tertiary/aromatic N) is 1. The Balaban J connectivity index is 1.62. The van der Waals surface area contributed by atoms with Crippen LogP contribution in [0.2, 0.25) is 0 Å². The van der Waals surface area contributed by atoms with Gasteiger partial charge in [-0.2, -0.15) is 5.26 Å². The molecule has 3 rings (SSSR count). The van der Waals surface area contributed by atoms with E-state index in [1.807, 2.05) is 24.3 Å². The van der Waals surface area contributed by atoms with Crippen molar-refractivity contribution in [3.63, 3.8) is 0 Å². The molecule has 3 nitrogen and oxygen atoms in total. The van der Waals surface area contributed by atoms with Gasteiger partial charge in [-0.05, 0) is 78.1 Å². The summed E-state index contributed by atoms with van der Waals surface area (Å²) in [7, 11) is 0. The molecule has 0 saturated carbocycles. The van der Waals surface area contributed by atoms with Crippen molar-refractivity contribution in [2.75, 3.05) is 0 Å². The van der Waals surface area contributed by atoms with Gasteiger partial charge < -0.3 is 4.74 Å². The third-order valence-electron chi connectivity index (χ3n) is 6.10. The van der Waals surface area contributed by atoms with E-state index in [9.17, 15) is 10.1 Å². The molecule has 3 aromatic rings.